The lowest BCUT2D eigenvalue weighted by atomic mass is 9.91. The van der Waals surface area contributed by atoms with Gasteiger partial charge in [0.25, 0.3) is 0 Å². The molecule has 0 spiro atoms. The van der Waals surface area contributed by atoms with E-state index in [1.165, 1.54) is 16.7 Å². The summed E-state index contributed by atoms with van der Waals surface area (Å²) in [7, 11) is 2.09. The molecule has 0 aliphatic rings. The Balaban J connectivity index is 2.05. The fourth-order valence-electron chi connectivity index (χ4n) is 4.16. The van der Waals surface area contributed by atoms with Gasteiger partial charge in [-0.25, -0.2) is 0 Å². The second kappa shape index (κ2) is 11.4. The maximum absolute atomic E-state index is 12.3. The van der Waals surface area contributed by atoms with Gasteiger partial charge in [0.2, 0.25) is 0 Å². The van der Waals surface area contributed by atoms with E-state index in [2.05, 4.69) is 62.4 Å². The van der Waals surface area contributed by atoms with Crippen molar-refractivity contribution in [2.24, 2.45) is 0 Å². The minimum Gasteiger partial charge on any atom is -0.467 e. The highest BCUT2D eigenvalue weighted by Gasteiger charge is 2.31. The summed E-state index contributed by atoms with van der Waals surface area (Å²) in [5.41, 5.74) is 4.53. The zero-order chi connectivity index (χ0) is 23.0. The van der Waals surface area contributed by atoms with Gasteiger partial charge in [-0.2, -0.15) is 0 Å². The number of methoxy groups -OCH3 is 1. The summed E-state index contributed by atoms with van der Waals surface area (Å²) in [6.45, 7) is 6.37. The Morgan fingerprint density at radius 2 is 1.69 bits per heavy atom. The van der Waals surface area contributed by atoms with Crippen molar-refractivity contribution in [1.29, 1.82) is 0 Å². The highest BCUT2D eigenvalue weighted by atomic mass is 31.1. The van der Waals surface area contributed by atoms with Crippen molar-refractivity contribution in [1.82, 2.24) is 0 Å². The molecular weight excluding hydrogens is 415 g/mol. The van der Waals surface area contributed by atoms with Crippen LogP contribution in [0.15, 0.2) is 72.8 Å². The van der Waals surface area contributed by atoms with Gasteiger partial charge in [-0.3, -0.25) is 4.79 Å². The number of benzene rings is 3. The average molecular weight is 449 g/mol. The van der Waals surface area contributed by atoms with E-state index in [-0.39, 0.29) is 17.7 Å². The monoisotopic (exact) mass is 448 g/mol. The molecule has 0 radical (unpaired) electrons. The van der Waals surface area contributed by atoms with E-state index in [0.29, 0.717) is 8.58 Å². The third-order valence-electron chi connectivity index (χ3n) is 5.69. The van der Waals surface area contributed by atoms with Crippen molar-refractivity contribution >= 4 is 19.7 Å². The van der Waals surface area contributed by atoms with Crippen molar-refractivity contribution in [3.05, 3.63) is 95.1 Å². The van der Waals surface area contributed by atoms with Crippen LogP contribution in [0.1, 0.15) is 60.7 Å². The Morgan fingerprint density at radius 3 is 2.38 bits per heavy atom. The first-order valence-electron chi connectivity index (χ1n) is 11.1. The second-order valence-electron chi connectivity index (χ2n) is 8.35. The van der Waals surface area contributed by atoms with Crippen LogP contribution in [0.3, 0.4) is 0 Å². The lowest BCUT2D eigenvalue weighted by Gasteiger charge is -2.33. The number of ether oxygens (including phenoxy) is 2. The van der Waals surface area contributed by atoms with Crippen LogP contribution in [0.5, 0.6) is 5.75 Å². The zero-order valence-electron chi connectivity index (χ0n) is 19.5. The lowest BCUT2D eigenvalue weighted by molar-refractivity contribution is 0.0500. The first-order chi connectivity index (χ1) is 15.5. The number of carbonyl (C=O) groups excluding carboxylic acids is 1. The quantitative estimate of drug-likeness (QED) is 0.191. The van der Waals surface area contributed by atoms with Gasteiger partial charge in [0.15, 0.2) is 12.6 Å². The summed E-state index contributed by atoms with van der Waals surface area (Å²) >= 11 is 0. The molecule has 0 bridgehead atoms. The topological polar surface area (TPSA) is 35.5 Å². The Hall–Kier alpha value is -2.48. The number of Topliss-reactive ketones (excluding diaryl/α,β-unsaturated/α-hetero) is 1. The normalized spacial score (nSPS) is 13.2. The molecule has 2 atom stereocenters. The first kappa shape index (κ1) is 24.2. The van der Waals surface area contributed by atoms with Crippen LogP contribution in [0.4, 0.5) is 0 Å². The van der Waals surface area contributed by atoms with Crippen molar-refractivity contribution in [3.63, 3.8) is 0 Å². The van der Waals surface area contributed by atoms with Crippen LogP contribution < -0.4 is 10.0 Å². The summed E-state index contributed by atoms with van der Waals surface area (Å²) in [6, 6.07) is 25.0. The van der Waals surface area contributed by atoms with Gasteiger partial charge in [0, 0.05) is 23.4 Å². The van der Waals surface area contributed by atoms with Gasteiger partial charge in [-0.1, -0.05) is 95.6 Å². The molecule has 0 aliphatic carbocycles. The minimum absolute atomic E-state index is 0.112. The summed E-state index contributed by atoms with van der Waals surface area (Å²) in [4.78, 5) is 12.3. The molecule has 0 saturated heterocycles. The predicted molar refractivity (Wildman–Crippen MR) is 135 cm³/mol. The maximum Gasteiger partial charge on any atom is 0.188 e. The molecule has 32 heavy (non-hydrogen) atoms. The van der Waals surface area contributed by atoms with E-state index in [4.69, 9.17) is 9.47 Å². The molecule has 0 aliphatic heterocycles. The lowest BCUT2D eigenvalue weighted by Crippen LogP contribution is -2.23. The fraction of sp³-hybridized carbons (Fsp3) is 0.321. The van der Waals surface area contributed by atoms with Crippen LogP contribution in [-0.2, 0) is 16.3 Å². The van der Waals surface area contributed by atoms with Crippen LogP contribution in [0, 0.1) is 0 Å². The third-order valence-corrected chi connectivity index (χ3v) is 7.47. The smallest absolute Gasteiger partial charge is 0.188 e. The van der Waals surface area contributed by atoms with E-state index in [9.17, 15) is 4.79 Å². The molecule has 3 aromatic rings. The van der Waals surface area contributed by atoms with E-state index < -0.39 is 0 Å². The van der Waals surface area contributed by atoms with Crippen LogP contribution in [-0.4, -0.2) is 19.7 Å². The molecule has 0 N–H and O–H groups in total. The van der Waals surface area contributed by atoms with Crippen molar-refractivity contribution in [3.8, 4) is 5.75 Å². The Bertz CT molecular complexity index is 1030. The Labute approximate surface area is 193 Å². The molecule has 2 unspecified atom stereocenters. The molecule has 3 rings (SSSR count). The number of hydrogen-bond acceptors (Lipinski definition) is 3. The van der Waals surface area contributed by atoms with Gasteiger partial charge in [-0.15, -0.1) is 0 Å². The maximum atomic E-state index is 12.3. The number of rotatable bonds is 11. The molecule has 0 heterocycles. The highest BCUT2D eigenvalue weighted by molar-refractivity contribution is 7.48. The zero-order valence-corrected chi connectivity index (χ0v) is 20.5. The summed E-state index contributed by atoms with van der Waals surface area (Å²) < 4.78 is 11.2. The number of ketones is 1. The first-order valence-corrected chi connectivity index (χ1v) is 12.1. The minimum atomic E-state index is -0.157. The number of hydrogen-bond donors (Lipinski definition) is 0. The summed E-state index contributed by atoms with van der Waals surface area (Å²) in [6.07, 6.45) is 2.90. The van der Waals surface area contributed by atoms with E-state index in [1.54, 1.807) is 14.0 Å². The summed E-state index contributed by atoms with van der Waals surface area (Å²) in [5.74, 6) is 0.966. The fourth-order valence-corrected chi connectivity index (χ4v) is 6.03. The molecule has 0 saturated carbocycles. The van der Waals surface area contributed by atoms with Crippen LogP contribution in [0.25, 0.3) is 0 Å². The largest absolute Gasteiger partial charge is 0.467 e. The van der Waals surface area contributed by atoms with Gasteiger partial charge < -0.3 is 9.47 Å². The molecule has 0 fully saturated rings. The van der Waals surface area contributed by atoms with Gasteiger partial charge in [-0.05, 0) is 42.3 Å². The Kier molecular flexibility index (Phi) is 8.61. The summed E-state index contributed by atoms with van der Waals surface area (Å²) in [5, 5.41) is 0.956. The van der Waals surface area contributed by atoms with Gasteiger partial charge in [0.1, 0.15) is 5.75 Å². The molecule has 168 valence electrons. The van der Waals surface area contributed by atoms with Crippen LogP contribution in [0.2, 0.25) is 0 Å². The molecule has 0 amide bonds. The SMILES string of the molecule is CCCC(C)(Pc1ccccc1C(C)=O)c1cc(Cc2ccccc2)ccc1OCOC. The third kappa shape index (κ3) is 6.06. The molecule has 3 nitrogen and oxygen atoms in total. The molecule has 4 heteroatoms. The average Bonchev–Trinajstić information content (AvgIpc) is 2.79. The predicted octanol–water partition coefficient (Wildman–Crippen LogP) is 6.48. The standard InChI is InChI=1S/C28H33O3P/c1-5-17-28(3,32-27-14-10-9-13-24(27)21(2)29)25-19-23(15-16-26(25)31-20-30-4)18-22-11-7-6-8-12-22/h6-16,19,32H,5,17-18,20H2,1-4H3. The Morgan fingerprint density at radius 1 is 0.969 bits per heavy atom. The number of carbonyl (C=O) groups is 1. The van der Waals surface area contributed by atoms with Crippen molar-refractivity contribution < 1.29 is 14.3 Å². The molecule has 3 aromatic carbocycles. The van der Waals surface area contributed by atoms with Gasteiger partial charge >= 0.3 is 0 Å². The molecular formula is C28H33O3P. The molecule has 0 aromatic heterocycles. The van der Waals surface area contributed by atoms with Crippen molar-refractivity contribution in [2.45, 2.75) is 45.2 Å². The van der Waals surface area contributed by atoms with E-state index >= 15 is 0 Å². The highest BCUT2D eigenvalue weighted by Crippen LogP contribution is 2.49. The van der Waals surface area contributed by atoms with E-state index in [0.717, 1.165) is 35.9 Å². The van der Waals surface area contributed by atoms with Crippen molar-refractivity contribution in [2.75, 3.05) is 13.9 Å². The van der Waals surface area contributed by atoms with Gasteiger partial charge in [0.05, 0.1) is 0 Å². The second-order valence-corrected chi connectivity index (χ2v) is 10.2. The van der Waals surface area contributed by atoms with E-state index in [1.807, 2.05) is 24.3 Å². The van der Waals surface area contributed by atoms with Crippen LogP contribution >= 0.6 is 8.58 Å².